The summed E-state index contributed by atoms with van der Waals surface area (Å²) in [5, 5.41) is 6.45. The Hall–Kier alpha value is -3.23. The maximum atomic E-state index is 12.4. The van der Waals surface area contributed by atoms with E-state index in [2.05, 4.69) is 44.8 Å². The van der Waals surface area contributed by atoms with E-state index < -0.39 is 0 Å². The fourth-order valence-electron chi connectivity index (χ4n) is 3.94. The minimum atomic E-state index is -0.197. The molecule has 2 amide bonds. The molecule has 1 aliphatic heterocycles. The highest BCUT2D eigenvalue weighted by Gasteiger charge is 2.21. The van der Waals surface area contributed by atoms with E-state index in [9.17, 15) is 9.59 Å². The first-order chi connectivity index (χ1) is 16.6. The summed E-state index contributed by atoms with van der Waals surface area (Å²) in [5.74, 6) is 0.281. The number of carbonyl (C=O) groups excluding carboxylic acids is 2. The summed E-state index contributed by atoms with van der Waals surface area (Å²) in [6.45, 7) is 5.52. The van der Waals surface area contributed by atoms with Crippen molar-refractivity contribution in [3.63, 3.8) is 0 Å². The third-order valence-electron chi connectivity index (χ3n) is 5.60. The van der Waals surface area contributed by atoms with Gasteiger partial charge < -0.3 is 15.4 Å². The fraction of sp³-hybridized carbons (Fsp3) is 0.346. The van der Waals surface area contributed by atoms with E-state index in [1.54, 1.807) is 29.5 Å². The van der Waals surface area contributed by atoms with Gasteiger partial charge in [0, 0.05) is 43.9 Å². The molecule has 0 unspecified atom stereocenters. The van der Waals surface area contributed by atoms with Gasteiger partial charge in [0.05, 0.1) is 17.9 Å². The molecule has 34 heavy (non-hydrogen) atoms. The summed E-state index contributed by atoms with van der Waals surface area (Å²) in [7, 11) is 0. The average Bonchev–Trinajstić information content (AvgIpc) is 3.24. The molecule has 4 rings (SSSR count). The lowest BCUT2D eigenvalue weighted by Crippen LogP contribution is -2.29. The molecule has 0 bridgehead atoms. The molecule has 0 fully saturated rings. The zero-order chi connectivity index (χ0) is 23.8. The van der Waals surface area contributed by atoms with Crippen molar-refractivity contribution in [2.24, 2.45) is 0 Å². The highest BCUT2D eigenvalue weighted by Crippen LogP contribution is 2.29. The molecule has 0 saturated heterocycles. The van der Waals surface area contributed by atoms with Crippen LogP contribution in [0.5, 0.6) is 5.75 Å². The van der Waals surface area contributed by atoms with Crippen LogP contribution in [0.4, 0.5) is 5.13 Å². The van der Waals surface area contributed by atoms with Crippen molar-refractivity contribution in [2.45, 2.75) is 39.3 Å². The largest absolute Gasteiger partial charge is 0.493 e. The standard InChI is InChI=1S/C26H30N4O3S/c1-2-33-22-12-7-6-11-20(22)25(32)27-15-8-13-24(31)29-26-28-21-14-16-30(18-23(21)34-26)17-19-9-4-3-5-10-19/h3-7,9-12H,2,8,13-18H2,1H3,(H,27,32)(H,28,29,31). The Bertz CT molecular complexity index is 1120. The molecule has 8 heteroatoms. The average molecular weight is 479 g/mol. The number of thiazole rings is 1. The number of hydrogen-bond donors (Lipinski definition) is 2. The number of anilines is 1. The Labute approximate surface area is 204 Å². The predicted octanol–water partition coefficient (Wildman–Crippen LogP) is 4.25. The van der Waals surface area contributed by atoms with Crippen molar-refractivity contribution >= 4 is 28.3 Å². The van der Waals surface area contributed by atoms with E-state index in [-0.39, 0.29) is 11.8 Å². The van der Waals surface area contributed by atoms with Crippen LogP contribution in [0.1, 0.15) is 46.3 Å². The zero-order valence-electron chi connectivity index (χ0n) is 19.4. The molecule has 1 aromatic heterocycles. The Kier molecular flexibility index (Phi) is 8.27. The molecular formula is C26H30N4O3S. The minimum Gasteiger partial charge on any atom is -0.493 e. The molecule has 0 atom stereocenters. The summed E-state index contributed by atoms with van der Waals surface area (Å²) in [6.07, 6.45) is 1.76. The molecule has 2 heterocycles. The van der Waals surface area contributed by atoms with Gasteiger partial charge in [-0.3, -0.25) is 14.5 Å². The molecule has 0 radical (unpaired) electrons. The van der Waals surface area contributed by atoms with E-state index >= 15 is 0 Å². The second-order valence-electron chi connectivity index (χ2n) is 8.17. The molecule has 1 aliphatic rings. The first-order valence-corrected chi connectivity index (χ1v) is 12.5. The smallest absolute Gasteiger partial charge is 0.255 e. The topological polar surface area (TPSA) is 83.6 Å². The molecule has 2 N–H and O–H groups in total. The number of aromatic nitrogens is 1. The zero-order valence-corrected chi connectivity index (χ0v) is 20.2. The summed E-state index contributed by atoms with van der Waals surface area (Å²) in [6, 6.07) is 17.6. The highest BCUT2D eigenvalue weighted by atomic mass is 32.1. The molecule has 0 spiro atoms. The van der Waals surface area contributed by atoms with Crippen LogP contribution < -0.4 is 15.4 Å². The molecule has 178 valence electrons. The third-order valence-corrected chi connectivity index (χ3v) is 6.60. The van der Waals surface area contributed by atoms with E-state index in [1.165, 1.54) is 10.4 Å². The second-order valence-corrected chi connectivity index (χ2v) is 9.26. The van der Waals surface area contributed by atoms with Gasteiger partial charge in [-0.2, -0.15) is 0 Å². The van der Waals surface area contributed by atoms with Gasteiger partial charge in [0.25, 0.3) is 5.91 Å². The van der Waals surface area contributed by atoms with Gasteiger partial charge in [-0.15, -0.1) is 11.3 Å². The first-order valence-electron chi connectivity index (χ1n) is 11.7. The van der Waals surface area contributed by atoms with Gasteiger partial charge in [0.2, 0.25) is 5.91 Å². The summed E-state index contributed by atoms with van der Waals surface area (Å²) >= 11 is 1.56. The molecular weight excluding hydrogens is 448 g/mol. The van der Waals surface area contributed by atoms with Crippen LogP contribution in [0.15, 0.2) is 54.6 Å². The van der Waals surface area contributed by atoms with E-state index in [0.717, 1.165) is 31.7 Å². The van der Waals surface area contributed by atoms with Crippen molar-refractivity contribution in [2.75, 3.05) is 25.0 Å². The van der Waals surface area contributed by atoms with Crippen LogP contribution in [-0.2, 0) is 24.3 Å². The van der Waals surface area contributed by atoms with Crippen LogP contribution in [-0.4, -0.2) is 41.4 Å². The van der Waals surface area contributed by atoms with E-state index in [1.807, 2.05) is 19.1 Å². The predicted molar refractivity (Wildman–Crippen MR) is 134 cm³/mol. The number of rotatable bonds is 10. The van der Waals surface area contributed by atoms with Crippen molar-refractivity contribution in [3.05, 3.63) is 76.3 Å². The van der Waals surface area contributed by atoms with Gasteiger partial charge in [0.15, 0.2) is 5.13 Å². The van der Waals surface area contributed by atoms with Crippen LogP contribution in [0.2, 0.25) is 0 Å². The number of carbonyl (C=O) groups is 2. The molecule has 3 aromatic rings. The van der Waals surface area contributed by atoms with Gasteiger partial charge in [0.1, 0.15) is 5.75 Å². The van der Waals surface area contributed by atoms with Crippen molar-refractivity contribution in [1.82, 2.24) is 15.2 Å². The number of benzene rings is 2. The van der Waals surface area contributed by atoms with Gasteiger partial charge in [-0.25, -0.2) is 4.98 Å². The number of hydrogen-bond acceptors (Lipinski definition) is 6. The lowest BCUT2D eigenvalue weighted by molar-refractivity contribution is -0.116. The van der Waals surface area contributed by atoms with Crippen molar-refractivity contribution < 1.29 is 14.3 Å². The normalized spacial score (nSPS) is 13.2. The molecule has 7 nitrogen and oxygen atoms in total. The maximum Gasteiger partial charge on any atom is 0.255 e. The Morgan fingerprint density at radius 1 is 1.12 bits per heavy atom. The number of fused-ring (bicyclic) bond motifs is 1. The lowest BCUT2D eigenvalue weighted by atomic mass is 10.1. The Morgan fingerprint density at radius 3 is 2.74 bits per heavy atom. The maximum absolute atomic E-state index is 12.4. The van der Waals surface area contributed by atoms with E-state index in [0.29, 0.717) is 42.4 Å². The van der Waals surface area contributed by atoms with Gasteiger partial charge in [-0.05, 0) is 31.0 Å². The number of para-hydroxylation sites is 1. The molecule has 2 aromatic carbocycles. The Morgan fingerprint density at radius 2 is 1.91 bits per heavy atom. The summed E-state index contributed by atoms with van der Waals surface area (Å²) in [4.78, 5) is 33.1. The number of nitrogens with one attached hydrogen (secondary N) is 2. The first kappa shape index (κ1) is 23.9. The summed E-state index contributed by atoms with van der Waals surface area (Å²) < 4.78 is 5.51. The van der Waals surface area contributed by atoms with Crippen LogP contribution in [0.25, 0.3) is 0 Å². The van der Waals surface area contributed by atoms with Crippen molar-refractivity contribution in [3.8, 4) is 5.75 Å². The van der Waals surface area contributed by atoms with E-state index in [4.69, 9.17) is 4.74 Å². The van der Waals surface area contributed by atoms with Crippen LogP contribution in [0.3, 0.4) is 0 Å². The quantitative estimate of drug-likeness (QED) is 0.426. The fourth-order valence-corrected chi connectivity index (χ4v) is 5.01. The second kappa shape index (κ2) is 11.8. The summed E-state index contributed by atoms with van der Waals surface area (Å²) in [5.41, 5.74) is 2.89. The Balaban J connectivity index is 1.21. The van der Waals surface area contributed by atoms with Gasteiger partial charge in [-0.1, -0.05) is 42.5 Å². The molecule has 0 aliphatic carbocycles. The van der Waals surface area contributed by atoms with Crippen molar-refractivity contribution in [1.29, 1.82) is 0 Å². The highest BCUT2D eigenvalue weighted by molar-refractivity contribution is 7.15. The number of ether oxygens (including phenoxy) is 1. The molecule has 0 saturated carbocycles. The van der Waals surface area contributed by atoms with Gasteiger partial charge >= 0.3 is 0 Å². The SMILES string of the molecule is CCOc1ccccc1C(=O)NCCCC(=O)Nc1nc2c(s1)CN(Cc1ccccc1)CC2. The third kappa shape index (κ3) is 6.42. The number of nitrogens with zero attached hydrogens (tertiary/aromatic N) is 2. The lowest BCUT2D eigenvalue weighted by Gasteiger charge is -2.25. The monoisotopic (exact) mass is 478 g/mol. The van der Waals surface area contributed by atoms with Crippen LogP contribution in [0, 0.1) is 0 Å². The number of amides is 2. The van der Waals surface area contributed by atoms with Crippen LogP contribution >= 0.6 is 11.3 Å². The minimum absolute atomic E-state index is 0.0868.